The van der Waals surface area contributed by atoms with E-state index in [2.05, 4.69) is 15.9 Å². The average Bonchev–Trinajstić information content (AvgIpc) is 3.02. The first-order chi connectivity index (χ1) is 13.8. The Morgan fingerprint density at radius 1 is 1.28 bits per heavy atom. The largest absolute Gasteiger partial charge is 0.489 e. The Morgan fingerprint density at radius 2 is 2.07 bits per heavy atom. The van der Waals surface area contributed by atoms with Gasteiger partial charge in [0, 0.05) is 16.6 Å². The summed E-state index contributed by atoms with van der Waals surface area (Å²) in [6.45, 7) is -0.354. The monoisotopic (exact) mass is 484 g/mol. The van der Waals surface area contributed by atoms with Crippen LogP contribution in [0.3, 0.4) is 0 Å². The van der Waals surface area contributed by atoms with Gasteiger partial charge in [-0.25, -0.2) is 4.79 Å². The fraction of sp³-hybridized carbons (Fsp3) is 0.235. The lowest BCUT2D eigenvalue weighted by atomic mass is 10.1. The van der Waals surface area contributed by atoms with Gasteiger partial charge in [0.2, 0.25) is 0 Å². The first kappa shape index (κ1) is 19.6. The number of cyclic esters (lactones) is 1. The maximum absolute atomic E-state index is 12.4. The van der Waals surface area contributed by atoms with Crippen molar-refractivity contribution in [1.29, 1.82) is 0 Å². The van der Waals surface area contributed by atoms with Crippen LogP contribution in [0.2, 0.25) is 0 Å². The predicted octanol–water partition coefficient (Wildman–Crippen LogP) is 2.85. The quantitative estimate of drug-likeness (QED) is 0.360. The molecular weight excluding hydrogens is 472 g/mol. The topological polar surface area (TPSA) is 125 Å². The molecule has 0 N–H and O–H groups in total. The SMILES string of the molecule is O=C1O[C@@H](COS(=O)(=O)c2cccc([N+](=O)[O-])c2)[C@@H]2COc3cc(Br)ccc3N12. The van der Waals surface area contributed by atoms with Crippen LogP contribution in [0.4, 0.5) is 16.2 Å². The van der Waals surface area contributed by atoms with Crippen molar-refractivity contribution in [1.82, 2.24) is 0 Å². The molecule has 0 saturated carbocycles. The molecule has 2 heterocycles. The van der Waals surface area contributed by atoms with Gasteiger partial charge in [-0.3, -0.25) is 19.2 Å². The Hall–Kier alpha value is -2.70. The number of anilines is 1. The van der Waals surface area contributed by atoms with Crippen LogP contribution in [0.15, 0.2) is 51.8 Å². The Kier molecular flexibility index (Phi) is 4.92. The van der Waals surface area contributed by atoms with E-state index in [0.717, 1.165) is 10.5 Å². The zero-order valence-corrected chi connectivity index (χ0v) is 17.0. The molecule has 0 unspecified atom stereocenters. The second-order valence-corrected chi connectivity index (χ2v) is 8.81. The van der Waals surface area contributed by atoms with Crippen LogP contribution in [0.1, 0.15) is 0 Å². The number of carbonyl (C=O) groups excluding carboxylic acids is 1. The summed E-state index contributed by atoms with van der Waals surface area (Å²) in [5.74, 6) is 0.498. The number of halogens is 1. The Bertz CT molecular complexity index is 1110. The molecule has 0 radical (unpaired) electrons. The van der Waals surface area contributed by atoms with Gasteiger partial charge >= 0.3 is 6.09 Å². The molecule has 1 amide bonds. The number of benzene rings is 2. The van der Waals surface area contributed by atoms with Crippen LogP contribution in [0.5, 0.6) is 5.75 Å². The third-order valence-corrected chi connectivity index (χ3v) is 6.28. The molecular formula is C17H13BrN2O8S. The number of hydrogen-bond donors (Lipinski definition) is 0. The van der Waals surface area contributed by atoms with Crippen molar-refractivity contribution in [2.24, 2.45) is 0 Å². The van der Waals surface area contributed by atoms with Crippen LogP contribution in [-0.4, -0.2) is 44.8 Å². The highest BCUT2D eigenvalue weighted by molar-refractivity contribution is 9.10. The van der Waals surface area contributed by atoms with Crippen molar-refractivity contribution < 1.29 is 31.8 Å². The summed E-state index contributed by atoms with van der Waals surface area (Å²) >= 11 is 3.33. The zero-order valence-electron chi connectivity index (χ0n) is 14.6. The first-order valence-corrected chi connectivity index (χ1v) is 10.5. The fourth-order valence-corrected chi connectivity index (χ4v) is 4.43. The zero-order chi connectivity index (χ0) is 20.8. The molecule has 0 aromatic heterocycles. The number of nitro groups is 1. The molecule has 2 atom stereocenters. The van der Waals surface area contributed by atoms with Crippen molar-refractivity contribution in [2.75, 3.05) is 18.1 Å². The number of non-ortho nitro benzene ring substituents is 1. The average molecular weight is 485 g/mol. The van der Waals surface area contributed by atoms with Gasteiger partial charge < -0.3 is 9.47 Å². The van der Waals surface area contributed by atoms with Crippen LogP contribution in [0, 0.1) is 10.1 Å². The number of fused-ring (bicyclic) bond motifs is 3. The van der Waals surface area contributed by atoms with E-state index in [1.54, 1.807) is 18.2 Å². The summed E-state index contributed by atoms with van der Waals surface area (Å²) < 4.78 is 41.6. The van der Waals surface area contributed by atoms with Gasteiger partial charge in [0.05, 0.1) is 10.6 Å². The molecule has 12 heteroatoms. The molecule has 29 heavy (non-hydrogen) atoms. The van der Waals surface area contributed by atoms with E-state index in [-0.39, 0.29) is 17.2 Å². The summed E-state index contributed by atoms with van der Waals surface area (Å²) in [7, 11) is -4.29. The van der Waals surface area contributed by atoms with E-state index in [4.69, 9.17) is 13.7 Å². The van der Waals surface area contributed by atoms with Gasteiger partial charge in [-0.15, -0.1) is 0 Å². The van der Waals surface area contributed by atoms with Crippen LogP contribution < -0.4 is 9.64 Å². The van der Waals surface area contributed by atoms with Gasteiger partial charge in [-0.05, 0) is 24.3 Å². The van der Waals surface area contributed by atoms with Crippen molar-refractivity contribution in [3.63, 3.8) is 0 Å². The highest BCUT2D eigenvalue weighted by Crippen LogP contribution is 2.40. The maximum Gasteiger partial charge on any atom is 0.415 e. The Labute approximate surface area is 173 Å². The number of nitrogens with zero attached hydrogens (tertiary/aromatic N) is 2. The highest BCUT2D eigenvalue weighted by Gasteiger charge is 2.47. The molecule has 0 aliphatic carbocycles. The summed E-state index contributed by atoms with van der Waals surface area (Å²) in [5.41, 5.74) is 0.134. The molecule has 4 rings (SSSR count). The Balaban J connectivity index is 1.51. The standard InChI is InChI=1S/C17H13BrN2O8S/c18-10-4-5-13-15(6-10)26-8-14-16(28-17(21)19(13)14)9-27-29(24,25)12-3-1-2-11(7-12)20(22)23/h1-7,14,16H,8-9H2/t14-,16-/m0/s1. The summed E-state index contributed by atoms with van der Waals surface area (Å²) in [6.07, 6.45) is -1.53. The van der Waals surface area contributed by atoms with Crippen molar-refractivity contribution in [2.45, 2.75) is 17.0 Å². The second-order valence-electron chi connectivity index (χ2n) is 6.28. The molecule has 10 nitrogen and oxygen atoms in total. The lowest BCUT2D eigenvalue weighted by Crippen LogP contribution is -2.45. The molecule has 0 spiro atoms. The van der Waals surface area contributed by atoms with Crippen LogP contribution in [0.25, 0.3) is 0 Å². The summed E-state index contributed by atoms with van der Waals surface area (Å²) in [6, 6.07) is 9.09. The van der Waals surface area contributed by atoms with Gasteiger partial charge in [-0.1, -0.05) is 22.0 Å². The molecule has 0 bridgehead atoms. The van der Waals surface area contributed by atoms with Crippen LogP contribution >= 0.6 is 15.9 Å². The third kappa shape index (κ3) is 3.66. The number of hydrogen-bond acceptors (Lipinski definition) is 8. The lowest BCUT2D eigenvalue weighted by molar-refractivity contribution is -0.385. The highest BCUT2D eigenvalue weighted by atomic mass is 79.9. The Morgan fingerprint density at radius 3 is 2.83 bits per heavy atom. The maximum atomic E-state index is 12.4. The fourth-order valence-electron chi connectivity index (χ4n) is 3.13. The van der Waals surface area contributed by atoms with E-state index < -0.39 is 39.9 Å². The number of ether oxygens (including phenoxy) is 2. The minimum Gasteiger partial charge on any atom is -0.489 e. The minimum absolute atomic E-state index is 0.0973. The third-order valence-electron chi connectivity index (χ3n) is 4.51. The minimum atomic E-state index is -4.29. The van der Waals surface area contributed by atoms with E-state index in [1.807, 2.05) is 0 Å². The van der Waals surface area contributed by atoms with Gasteiger partial charge in [0.15, 0.2) is 6.10 Å². The molecule has 2 aromatic rings. The predicted molar refractivity (Wildman–Crippen MR) is 102 cm³/mol. The lowest BCUT2D eigenvalue weighted by Gasteiger charge is -2.31. The number of rotatable bonds is 5. The summed E-state index contributed by atoms with van der Waals surface area (Å²) in [4.78, 5) is 23.5. The van der Waals surface area contributed by atoms with Crippen molar-refractivity contribution >= 4 is 43.5 Å². The second kappa shape index (κ2) is 7.28. The van der Waals surface area contributed by atoms with Gasteiger partial charge in [0.1, 0.15) is 29.9 Å². The molecule has 152 valence electrons. The summed E-state index contributed by atoms with van der Waals surface area (Å²) in [5, 5.41) is 10.9. The molecule has 1 fully saturated rings. The van der Waals surface area contributed by atoms with Gasteiger partial charge in [-0.2, -0.15) is 8.42 Å². The van der Waals surface area contributed by atoms with E-state index in [1.165, 1.54) is 23.1 Å². The van der Waals surface area contributed by atoms with E-state index in [0.29, 0.717) is 11.4 Å². The molecule has 2 aliphatic heterocycles. The first-order valence-electron chi connectivity index (χ1n) is 8.32. The van der Waals surface area contributed by atoms with Crippen molar-refractivity contribution in [3.8, 4) is 5.75 Å². The number of carbonyl (C=O) groups is 1. The number of nitro benzene ring substituents is 1. The van der Waals surface area contributed by atoms with Crippen LogP contribution in [-0.2, 0) is 19.0 Å². The molecule has 1 saturated heterocycles. The number of amides is 1. The molecule has 2 aromatic carbocycles. The molecule has 2 aliphatic rings. The smallest absolute Gasteiger partial charge is 0.415 e. The normalized spacial score (nSPS) is 20.4. The van der Waals surface area contributed by atoms with Crippen molar-refractivity contribution in [3.05, 3.63) is 57.1 Å². The van der Waals surface area contributed by atoms with Gasteiger partial charge in [0.25, 0.3) is 15.8 Å². The van der Waals surface area contributed by atoms with E-state index >= 15 is 0 Å². The van der Waals surface area contributed by atoms with E-state index in [9.17, 15) is 23.3 Å².